The number of hydrogen-bond acceptors (Lipinski definition) is 6. The maximum absolute atomic E-state index is 6.43. The van der Waals surface area contributed by atoms with Crippen molar-refractivity contribution in [3.63, 3.8) is 0 Å². The molecule has 0 aliphatic rings. The van der Waals surface area contributed by atoms with Crippen LogP contribution in [-0.4, -0.2) is 43.9 Å². The minimum Gasteiger partial charge on any atom is -0.483 e. The van der Waals surface area contributed by atoms with Crippen LogP contribution in [0.5, 0.6) is 11.8 Å². The highest BCUT2D eigenvalue weighted by Gasteiger charge is 2.21. The van der Waals surface area contributed by atoms with Crippen molar-refractivity contribution in [1.82, 2.24) is 9.97 Å². The van der Waals surface area contributed by atoms with Crippen molar-refractivity contribution >= 4 is 32.7 Å². The summed E-state index contributed by atoms with van der Waals surface area (Å²) in [6.45, 7) is 10.4. The summed E-state index contributed by atoms with van der Waals surface area (Å²) in [5, 5.41) is 0.906. The average Bonchev–Trinajstić information content (AvgIpc) is 2.81. The van der Waals surface area contributed by atoms with Gasteiger partial charge in [0.2, 0.25) is 0 Å². The first kappa shape index (κ1) is 25.9. The number of ether oxygens (including phenoxy) is 3. The number of hydrogen-bond donors (Lipinski definition) is 0. The predicted molar refractivity (Wildman–Crippen MR) is 135 cm³/mol. The van der Waals surface area contributed by atoms with Crippen molar-refractivity contribution in [1.29, 1.82) is 0 Å². The van der Waals surface area contributed by atoms with E-state index in [1.54, 1.807) is 7.11 Å². The molecule has 0 saturated heterocycles. The molecule has 0 spiro atoms. The summed E-state index contributed by atoms with van der Waals surface area (Å²) in [6, 6.07) is 12.5. The largest absolute Gasteiger partial charge is 0.483 e. The van der Waals surface area contributed by atoms with Gasteiger partial charge in [-0.05, 0) is 53.9 Å². The van der Waals surface area contributed by atoms with Crippen LogP contribution < -0.4 is 14.4 Å². The van der Waals surface area contributed by atoms with Crippen LogP contribution in [0.15, 0.2) is 40.9 Å². The van der Waals surface area contributed by atoms with Crippen molar-refractivity contribution < 1.29 is 14.2 Å². The minimum absolute atomic E-state index is 0.0642. The van der Waals surface area contributed by atoms with E-state index >= 15 is 0 Å². The molecule has 2 aromatic carbocycles. The summed E-state index contributed by atoms with van der Waals surface area (Å²) in [5.74, 6) is 1.45. The third kappa shape index (κ3) is 6.11. The quantitative estimate of drug-likeness (QED) is 0.357. The summed E-state index contributed by atoms with van der Waals surface area (Å²) in [6.07, 6.45) is -0.214. The third-order valence-corrected chi connectivity index (χ3v) is 5.85. The summed E-state index contributed by atoms with van der Waals surface area (Å²) < 4.78 is 18.4. The van der Waals surface area contributed by atoms with E-state index in [2.05, 4.69) is 39.1 Å². The highest BCUT2D eigenvalue weighted by molar-refractivity contribution is 9.10. The SMILES string of the molecule is CC.COC(C)COc1nc(N(C)C)c2cc(C)c(Br)c(OC(C)c3ccccc3)c2n1. The number of anilines is 1. The van der Waals surface area contributed by atoms with Gasteiger partial charge in [-0.25, -0.2) is 0 Å². The van der Waals surface area contributed by atoms with Crippen LogP contribution in [0.2, 0.25) is 0 Å². The van der Waals surface area contributed by atoms with Crippen LogP contribution in [0.1, 0.15) is 44.9 Å². The van der Waals surface area contributed by atoms with Crippen molar-refractivity contribution in [2.24, 2.45) is 0 Å². The van der Waals surface area contributed by atoms with Crippen LogP contribution in [0.3, 0.4) is 0 Å². The zero-order chi connectivity index (χ0) is 23.8. The first-order valence-electron chi connectivity index (χ1n) is 10.9. The van der Waals surface area contributed by atoms with E-state index < -0.39 is 0 Å². The molecule has 0 amide bonds. The number of nitrogens with zero attached hydrogens (tertiary/aromatic N) is 3. The van der Waals surface area contributed by atoms with Gasteiger partial charge in [0.1, 0.15) is 24.0 Å². The Kier molecular flexibility index (Phi) is 9.72. The normalized spacial score (nSPS) is 12.5. The van der Waals surface area contributed by atoms with E-state index in [0.717, 1.165) is 26.8 Å². The Morgan fingerprint density at radius 2 is 1.72 bits per heavy atom. The molecule has 1 heterocycles. The fourth-order valence-corrected chi connectivity index (χ4v) is 3.44. The monoisotopic (exact) mass is 503 g/mol. The Labute approximate surface area is 200 Å². The molecule has 0 saturated carbocycles. The second kappa shape index (κ2) is 12.0. The van der Waals surface area contributed by atoms with Gasteiger partial charge in [0.05, 0.1) is 10.6 Å². The molecular formula is C25H34BrN3O3. The lowest BCUT2D eigenvalue weighted by atomic mass is 10.1. The second-order valence-corrected chi connectivity index (χ2v) is 8.28. The van der Waals surface area contributed by atoms with Gasteiger partial charge in [-0.15, -0.1) is 0 Å². The molecule has 2 atom stereocenters. The molecule has 6 nitrogen and oxygen atoms in total. The summed E-state index contributed by atoms with van der Waals surface area (Å²) in [5.41, 5.74) is 2.84. The van der Waals surface area contributed by atoms with E-state index in [1.807, 2.05) is 71.8 Å². The molecule has 7 heteroatoms. The Hall–Kier alpha value is -2.38. The van der Waals surface area contributed by atoms with Gasteiger partial charge in [-0.2, -0.15) is 9.97 Å². The van der Waals surface area contributed by atoms with Crippen LogP contribution >= 0.6 is 15.9 Å². The number of benzene rings is 2. The Morgan fingerprint density at radius 3 is 2.31 bits per heavy atom. The van der Waals surface area contributed by atoms with Crippen molar-refractivity contribution in [3.8, 4) is 11.8 Å². The molecule has 2 unspecified atom stereocenters. The molecule has 0 aliphatic carbocycles. The lowest BCUT2D eigenvalue weighted by Gasteiger charge is -2.21. The maximum atomic E-state index is 6.43. The number of aryl methyl sites for hydroxylation is 1. The van der Waals surface area contributed by atoms with Crippen molar-refractivity contribution in [3.05, 3.63) is 52.0 Å². The first-order valence-corrected chi connectivity index (χ1v) is 11.7. The van der Waals surface area contributed by atoms with Crippen molar-refractivity contribution in [2.45, 2.75) is 46.8 Å². The Bertz CT molecular complexity index is 1010. The highest BCUT2D eigenvalue weighted by atomic mass is 79.9. The number of rotatable bonds is 8. The van der Waals surface area contributed by atoms with E-state index in [1.165, 1.54) is 0 Å². The predicted octanol–water partition coefficient (Wildman–Crippen LogP) is 6.35. The van der Waals surface area contributed by atoms with Crippen LogP contribution in [0.4, 0.5) is 5.82 Å². The topological polar surface area (TPSA) is 56.7 Å². The van der Waals surface area contributed by atoms with E-state index in [9.17, 15) is 0 Å². The van der Waals surface area contributed by atoms with Gasteiger partial charge in [-0.3, -0.25) is 0 Å². The van der Waals surface area contributed by atoms with Crippen LogP contribution in [-0.2, 0) is 4.74 Å². The van der Waals surface area contributed by atoms with Crippen molar-refractivity contribution in [2.75, 3.05) is 32.7 Å². The molecule has 1 aromatic heterocycles. The smallest absolute Gasteiger partial charge is 0.319 e. The highest BCUT2D eigenvalue weighted by Crippen LogP contribution is 2.41. The molecule has 174 valence electrons. The number of halogens is 1. The Balaban J connectivity index is 0.00000176. The van der Waals surface area contributed by atoms with Gasteiger partial charge in [0, 0.05) is 26.6 Å². The molecule has 3 rings (SSSR count). The van der Waals surface area contributed by atoms with Gasteiger partial charge in [-0.1, -0.05) is 44.2 Å². The lowest BCUT2D eigenvalue weighted by Crippen LogP contribution is -2.18. The molecular weight excluding hydrogens is 470 g/mol. The molecule has 32 heavy (non-hydrogen) atoms. The molecule has 3 aromatic rings. The zero-order valence-corrected chi connectivity index (χ0v) is 21.9. The van der Waals surface area contributed by atoms with Crippen LogP contribution in [0, 0.1) is 6.92 Å². The fraction of sp³-hybridized carbons (Fsp3) is 0.440. The number of methoxy groups -OCH3 is 1. The average molecular weight is 504 g/mol. The minimum atomic E-state index is -0.150. The van der Waals surface area contributed by atoms with Gasteiger partial charge < -0.3 is 19.1 Å². The van der Waals surface area contributed by atoms with Gasteiger partial charge in [0.15, 0.2) is 5.75 Å². The zero-order valence-electron chi connectivity index (χ0n) is 20.3. The first-order chi connectivity index (χ1) is 15.3. The summed E-state index contributed by atoms with van der Waals surface area (Å²) in [4.78, 5) is 11.3. The molecule has 0 aliphatic heterocycles. The fourth-order valence-electron chi connectivity index (χ4n) is 3.05. The number of aromatic nitrogens is 2. The van der Waals surface area contributed by atoms with Gasteiger partial charge in [0.25, 0.3) is 0 Å². The maximum Gasteiger partial charge on any atom is 0.319 e. The number of fused-ring (bicyclic) bond motifs is 1. The lowest BCUT2D eigenvalue weighted by molar-refractivity contribution is 0.0682. The second-order valence-electron chi connectivity index (χ2n) is 7.49. The van der Waals surface area contributed by atoms with Crippen LogP contribution in [0.25, 0.3) is 10.9 Å². The third-order valence-electron chi connectivity index (χ3n) is 4.86. The molecule has 0 radical (unpaired) electrons. The summed E-state index contributed by atoms with van der Waals surface area (Å²) >= 11 is 3.70. The van der Waals surface area contributed by atoms with E-state index in [-0.39, 0.29) is 12.2 Å². The summed E-state index contributed by atoms with van der Waals surface area (Å²) in [7, 11) is 5.55. The molecule has 0 bridgehead atoms. The van der Waals surface area contributed by atoms with Gasteiger partial charge >= 0.3 is 6.01 Å². The van der Waals surface area contributed by atoms with E-state index in [4.69, 9.17) is 19.2 Å². The molecule has 0 fully saturated rings. The standard InChI is InChI=1S/C23H28BrN3O3.C2H6/c1-14-12-18-20(21(19(14)24)30-16(3)17-10-8-7-9-11-17)25-23(26-22(18)27(4)5)29-13-15(2)28-6;1-2/h7-12,15-16H,13H2,1-6H3;1-2H3. The van der Waals surface area contributed by atoms with E-state index in [0.29, 0.717) is 23.9 Å². The molecule has 0 N–H and O–H groups in total. The Morgan fingerprint density at radius 1 is 1.06 bits per heavy atom.